The van der Waals surface area contributed by atoms with Crippen LogP contribution in [0.1, 0.15) is 52.9 Å². The largest absolute Gasteiger partial charge is 0.455 e. The van der Waals surface area contributed by atoms with Gasteiger partial charge >= 0.3 is 12.0 Å². The molecule has 7 heteroatoms. The first-order chi connectivity index (χ1) is 11.2. The first kappa shape index (κ1) is 18.4. The molecule has 0 aliphatic heterocycles. The predicted octanol–water partition coefficient (Wildman–Crippen LogP) is 1.55. The monoisotopic (exact) mass is 338 g/mol. The summed E-state index contributed by atoms with van der Waals surface area (Å²) in [5.74, 6) is -1.25. The van der Waals surface area contributed by atoms with E-state index in [1.165, 1.54) is 0 Å². The molecule has 0 radical (unpaired) electrons. The number of hydrogen-bond donors (Lipinski definition) is 2. The van der Waals surface area contributed by atoms with Crippen LogP contribution in [0.3, 0.4) is 0 Å². The second kappa shape index (κ2) is 7.32. The molecule has 0 spiro atoms. The number of amides is 3. The molecule has 2 aliphatic rings. The zero-order valence-electron chi connectivity index (χ0n) is 14.5. The summed E-state index contributed by atoms with van der Waals surface area (Å²) in [6.07, 6.45) is 3.74. The number of hydrogen-bond acceptors (Lipinski definition) is 5. The molecule has 2 bridgehead atoms. The Labute approximate surface area is 141 Å². The van der Waals surface area contributed by atoms with Gasteiger partial charge in [-0.15, -0.1) is 0 Å². The molecule has 2 N–H and O–H groups in total. The fourth-order valence-electron chi connectivity index (χ4n) is 3.46. The number of carbonyl (C=O) groups excluding carboxylic acids is 4. The Bertz CT molecular complexity index is 522. The van der Waals surface area contributed by atoms with Crippen molar-refractivity contribution in [3.63, 3.8) is 0 Å². The molecular formula is C17H26N2O5. The second-order valence-electron chi connectivity index (χ2n) is 7.76. The number of urea groups is 1. The van der Waals surface area contributed by atoms with Gasteiger partial charge in [0.2, 0.25) is 0 Å². The van der Waals surface area contributed by atoms with Gasteiger partial charge in [0.1, 0.15) is 5.78 Å². The van der Waals surface area contributed by atoms with Crippen LogP contribution in [-0.4, -0.2) is 35.8 Å². The van der Waals surface area contributed by atoms with Gasteiger partial charge in [-0.3, -0.25) is 19.7 Å². The van der Waals surface area contributed by atoms with E-state index in [1.54, 1.807) is 20.8 Å². The van der Waals surface area contributed by atoms with Gasteiger partial charge in [0.25, 0.3) is 5.91 Å². The molecule has 2 aliphatic carbocycles. The van der Waals surface area contributed by atoms with Crippen molar-refractivity contribution < 1.29 is 23.9 Å². The van der Waals surface area contributed by atoms with E-state index >= 15 is 0 Å². The molecular weight excluding hydrogens is 312 g/mol. The van der Waals surface area contributed by atoms with E-state index < -0.39 is 30.1 Å². The number of nitrogens with one attached hydrogen (secondary N) is 2. The Balaban J connectivity index is 1.76. The summed E-state index contributed by atoms with van der Waals surface area (Å²) in [6.45, 7) is 4.88. The van der Waals surface area contributed by atoms with Crippen LogP contribution in [0, 0.1) is 17.8 Å². The number of ether oxygens (including phenoxy) is 1. The Morgan fingerprint density at radius 2 is 1.71 bits per heavy atom. The van der Waals surface area contributed by atoms with Gasteiger partial charge < -0.3 is 10.1 Å². The molecule has 2 fully saturated rings. The molecule has 3 amide bonds. The van der Waals surface area contributed by atoms with E-state index in [-0.39, 0.29) is 23.5 Å². The highest BCUT2D eigenvalue weighted by Gasteiger charge is 2.41. The van der Waals surface area contributed by atoms with Gasteiger partial charge in [0.15, 0.2) is 6.61 Å². The van der Waals surface area contributed by atoms with E-state index in [2.05, 4.69) is 10.6 Å². The highest BCUT2D eigenvalue weighted by Crippen LogP contribution is 2.40. The smallest absolute Gasteiger partial charge is 0.321 e. The summed E-state index contributed by atoms with van der Waals surface area (Å²) >= 11 is 0. The zero-order valence-corrected chi connectivity index (χ0v) is 14.5. The molecule has 24 heavy (non-hydrogen) atoms. The third kappa shape index (κ3) is 5.04. The average Bonchev–Trinajstić information content (AvgIpc) is 2.42. The van der Waals surface area contributed by atoms with Gasteiger partial charge in [-0.25, -0.2) is 4.79 Å². The summed E-state index contributed by atoms with van der Waals surface area (Å²) in [7, 11) is 0. The molecule has 2 saturated carbocycles. The minimum absolute atomic E-state index is 0.0403. The van der Waals surface area contributed by atoms with Crippen LogP contribution in [0.2, 0.25) is 0 Å². The van der Waals surface area contributed by atoms with Crippen LogP contribution in [0.4, 0.5) is 4.79 Å². The molecule has 2 unspecified atom stereocenters. The lowest BCUT2D eigenvalue weighted by atomic mass is 9.67. The predicted molar refractivity (Wildman–Crippen MR) is 85.9 cm³/mol. The molecule has 0 saturated heterocycles. The Morgan fingerprint density at radius 1 is 1.12 bits per heavy atom. The van der Waals surface area contributed by atoms with E-state index in [4.69, 9.17) is 4.74 Å². The van der Waals surface area contributed by atoms with Gasteiger partial charge in [-0.1, -0.05) is 6.42 Å². The van der Waals surface area contributed by atoms with Crippen LogP contribution < -0.4 is 10.6 Å². The number of carbonyl (C=O) groups is 4. The molecule has 7 nitrogen and oxygen atoms in total. The van der Waals surface area contributed by atoms with Gasteiger partial charge in [0, 0.05) is 17.4 Å². The number of rotatable bonds is 3. The van der Waals surface area contributed by atoms with Crippen molar-refractivity contribution in [2.24, 2.45) is 17.8 Å². The normalized spacial score (nSPS) is 26.5. The number of Topliss-reactive ketones (excluding diaryl/α,β-unsaturated/α-hetero) is 1. The van der Waals surface area contributed by atoms with Crippen molar-refractivity contribution in [2.75, 3.05) is 6.61 Å². The van der Waals surface area contributed by atoms with Crippen molar-refractivity contribution in [3.8, 4) is 0 Å². The zero-order chi connectivity index (χ0) is 17.9. The van der Waals surface area contributed by atoms with Crippen LogP contribution in [0.25, 0.3) is 0 Å². The molecule has 134 valence electrons. The number of ketones is 1. The lowest BCUT2D eigenvalue weighted by Crippen LogP contribution is -2.49. The molecule has 0 aromatic carbocycles. The highest BCUT2D eigenvalue weighted by atomic mass is 16.5. The van der Waals surface area contributed by atoms with Crippen molar-refractivity contribution in [3.05, 3.63) is 0 Å². The minimum Gasteiger partial charge on any atom is -0.455 e. The molecule has 2 atom stereocenters. The molecule has 0 aromatic heterocycles. The topological polar surface area (TPSA) is 102 Å². The fraction of sp³-hybridized carbons (Fsp3) is 0.765. The maximum absolute atomic E-state index is 12.1. The lowest BCUT2D eigenvalue weighted by molar-refractivity contribution is -0.156. The second-order valence-corrected chi connectivity index (χ2v) is 7.76. The van der Waals surface area contributed by atoms with Gasteiger partial charge in [-0.2, -0.15) is 0 Å². The third-order valence-electron chi connectivity index (χ3n) is 4.47. The van der Waals surface area contributed by atoms with Crippen LogP contribution in [0.5, 0.6) is 0 Å². The number of esters is 1. The first-order valence-electron chi connectivity index (χ1n) is 8.48. The minimum atomic E-state index is -0.669. The summed E-state index contributed by atoms with van der Waals surface area (Å²) in [5, 5.41) is 4.71. The van der Waals surface area contributed by atoms with Crippen molar-refractivity contribution in [1.82, 2.24) is 10.6 Å². The molecule has 0 aromatic rings. The maximum Gasteiger partial charge on any atom is 0.321 e. The standard InChI is InChI=1S/C17H26N2O5/c1-17(2,3)19-16(23)18-13(20)9-24-15(22)12-7-10-5-4-6-11(8-12)14(10)21/h10-12H,4-9H2,1-3H3,(H2,18,19,20,23). The van der Waals surface area contributed by atoms with E-state index in [1.807, 2.05) is 0 Å². The number of fused-ring (bicyclic) bond motifs is 2. The summed E-state index contributed by atoms with van der Waals surface area (Å²) in [6, 6.07) is -0.624. The van der Waals surface area contributed by atoms with Crippen LogP contribution in [-0.2, 0) is 19.1 Å². The molecule has 0 heterocycles. The van der Waals surface area contributed by atoms with Gasteiger partial charge in [-0.05, 0) is 46.5 Å². The SMILES string of the molecule is CC(C)(C)NC(=O)NC(=O)COC(=O)C1CC2CCCC(C1)C2=O. The van der Waals surface area contributed by atoms with Crippen molar-refractivity contribution in [2.45, 2.75) is 58.4 Å². The van der Waals surface area contributed by atoms with Crippen LogP contribution >= 0.6 is 0 Å². The van der Waals surface area contributed by atoms with Crippen molar-refractivity contribution in [1.29, 1.82) is 0 Å². The van der Waals surface area contributed by atoms with E-state index in [0.717, 1.165) is 19.3 Å². The quantitative estimate of drug-likeness (QED) is 0.760. The Morgan fingerprint density at radius 3 is 2.25 bits per heavy atom. The summed E-state index contributed by atoms with van der Waals surface area (Å²) < 4.78 is 5.03. The fourth-order valence-corrected chi connectivity index (χ4v) is 3.46. The highest BCUT2D eigenvalue weighted by molar-refractivity contribution is 5.96. The summed E-state index contributed by atoms with van der Waals surface area (Å²) in [5.41, 5.74) is -0.465. The summed E-state index contributed by atoms with van der Waals surface area (Å²) in [4.78, 5) is 47.4. The van der Waals surface area contributed by atoms with Crippen molar-refractivity contribution >= 4 is 23.7 Å². The Kier molecular flexibility index (Phi) is 5.62. The van der Waals surface area contributed by atoms with Crippen LogP contribution in [0.15, 0.2) is 0 Å². The maximum atomic E-state index is 12.1. The van der Waals surface area contributed by atoms with E-state index in [9.17, 15) is 19.2 Å². The lowest BCUT2D eigenvalue weighted by Gasteiger charge is -2.36. The molecule has 2 rings (SSSR count). The average molecular weight is 338 g/mol. The third-order valence-corrected chi connectivity index (χ3v) is 4.47. The Hall–Kier alpha value is -1.92. The van der Waals surface area contributed by atoms with E-state index in [0.29, 0.717) is 12.8 Å². The first-order valence-corrected chi connectivity index (χ1v) is 8.48. The van der Waals surface area contributed by atoms with Gasteiger partial charge in [0.05, 0.1) is 5.92 Å². The number of imide groups is 1.